The molecule has 0 aliphatic carbocycles. The molecule has 5 heteroatoms. The van der Waals surface area contributed by atoms with E-state index in [9.17, 15) is 9.59 Å². The van der Waals surface area contributed by atoms with Gasteiger partial charge in [-0.1, -0.05) is 0 Å². The maximum absolute atomic E-state index is 11.8. The summed E-state index contributed by atoms with van der Waals surface area (Å²) in [6.45, 7) is 3.77. The van der Waals surface area contributed by atoms with E-state index in [1.54, 1.807) is 6.92 Å². The van der Waals surface area contributed by atoms with Crippen LogP contribution in [0.3, 0.4) is 0 Å². The van der Waals surface area contributed by atoms with Crippen molar-refractivity contribution in [3.63, 3.8) is 0 Å². The molecule has 2 saturated heterocycles. The third-order valence-corrected chi connectivity index (χ3v) is 3.51. The van der Waals surface area contributed by atoms with Gasteiger partial charge >= 0.3 is 0 Å². The third-order valence-electron chi connectivity index (χ3n) is 3.51. The first kappa shape index (κ1) is 12.4. The summed E-state index contributed by atoms with van der Waals surface area (Å²) >= 11 is 0. The smallest absolute Gasteiger partial charge is 0.249 e. The van der Waals surface area contributed by atoms with E-state index in [0.29, 0.717) is 6.61 Å². The Balaban J connectivity index is 1.74. The summed E-state index contributed by atoms with van der Waals surface area (Å²) in [5, 5.41) is 3.02. The fraction of sp³-hybridized carbons (Fsp3) is 0.833. The summed E-state index contributed by atoms with van der Waals surface area (Å²) in [7, 11) is 0. The molecule has 0 spiro atoms. The lowest BCUT2D eigenvalue weighted by Gasteiger charge is -2.32. The summed E-state index contributed by atoms with van der Waals surface area (Å²) in [6, 6.07) is 0.197. The Morgan fingerprint density at radius 3 is 2.47 bits per heavy atom. The number of piperidine rings is 1. The molecular formula is C12H20N2O3. The van der Waals surface area contributed by atoms with Crippen molar-refractivity contribution in [3.8, 4) is 0 Å². The first-order valence-electron chi connectivity index (χ1n) is 6.34. The molecule has 2 aliphatic rings. The molecule has 2 rings (SSSR count). The van der Waals surface area contributed by atoms with Crippen LogP contribution in [-0.2, 0) is 14.3 Å². The Hall–Kier alpha value is -1.10. The molecule has 0 aromatic heterocycles. The number of nitrogens with zero attached hydrogens (tertiary/aromatic N) is 1. The molecule has 17 heavy (non-hydrogen) atoms. The molecule has 5 nitrogen and oxygen atoms in total. The minimum Gasteiger partial charge on any atom is -0.368 e. The average molecular weight is 240 g/mol. The van der Waals surface area contributed by atoms with E-state index in [1.165, 1.54) is 0 Å². The molecule has 2 amide bonds. The monoisotopic (exact) mass is 240 g/mol. The van der Waals surface area contributed by atoms with Crippen LogP contribution in [-0.4, -0.2) is 48.6 Å². The minimum absolute atomic E-state index is 0.0174. The summed E-state index contributed by atoms with van der Waals surface area (Å²) < 4.78 is 5.34. The zero-order valence-corrected chi connectivity index (χ0v) is 10.3. The second-order valence-corrected chi connectivity index (χ2v) is 4.79. The van der Waals surface area contributed by atoms with Gasteiger partial charge in [0.2, 0.25) is 11.8 Å². The van der Waals surface area contributed by atoms with Crippen molar-refractivity contribution < 1.29 is 14.3 Å². The predicted octanol–water partition coefficient (Wildman–Crippen LogP) is 0.293. The van der Waals surface area contributed by atoms with Crippen LogP contribution < -0.4 is 5.32 Å². The molecule has 1 atom stereocenters. The fourth-order valence-electron chi connectivity index (χ4n) is 2.42. The lowest BCUT2D eigenvalue weighted by Crippen LogP contribution is -2.48. The number of hydrogen-bond donors (Lipinski definition) is 1. The normalized spacial score (nSPS) is 25.9. The van der Waals surface area contributed by atoms with E-state index in [-0.39, 0.29) is 24.0 Å². The van der Waals surface area contributed by atoms with Gasteiger partial charge in [0.15, 0.2) is 0 Å². The minimum atomic E-state index is -0.249. The van der Waals surface area contributed by atoms with Crippen LogP contribution in [0.15, 0.2) is 0 Å². The zero-order chi connectivity index (χ0) is 12.3. The molecule has 2 heterocycles. The van der Waals surface area contributed by atoms with Gasteiger partial charge in [-0.25, -0.2) is 0 Å². The number of likely N-dealkylation sites (tertiary alicyclic amines) is 1. The van der Waals surface area contributed by atoms with Crippen molar-refractivity contribution in [2.45, 2.75) is 44.8 Å². The van der Waals surface area contributed by atoms with Crippen molar-refractivity contribution in [2.75, 3.05) is 19.7 Å². The highest BCUT2D eigenvalue weighted by Gasteiger charge is 2.27. The number of carbonyl (C=O) groups is 2. The lowest BCUT2D eigenvalue weighted by molar-refractivity contribution is -0.132. The Kier molecular flexibility index (Phi) is 3.99. The van der Waals surface area contributed by atoms with Crippen LogP contribution in [0.2, 0.25) is 0 Å². The fourth-order valence-corrected chi connectivity index (χ4v) is 2.42. The van der Waals surface area contributed by atoms with E-state index >= 15 is 0 Å². The SMILES string of the molecule is CC(=O)N1CCC(NC(=O)C2CCCO2)CC1. The molecule has 0 aromatic carbocycles. The van der Waals surface area contributed by atoms with Crippen LogP contribution in [0, 0.1) is 0 Å². The second kappa shape index (κ2) is 5.49. The average Bonchev–Trinajstić information content (AvgIpc) is 2.83. The molecule has 2 aliphatic heterocycles. The number of ether oxygens (including phenoxy) is 1. The Bertz CT molecular complexity index is 292. The van der Waals surface area contributed by atoms with E-state index < -0.39 is 0 Å². The molecule has 1 N–H and O–H groups in total. The van der Waals surface area contributed by atoms with Gasteiger partial charge in [0.1, 0.15) is 6.10 Å². The molecular weight excluding hydrogens is 220 g/mol. The van der Waals surface area contributed by atoms with Crippen LogP contribution in [0.1, 0.15) is 32.6 Å². The largest absolute Gasteiger partial charge is 0.368 e. The molecule has 1 unspecified atom stereocenters. The maximum Gasteiger partial charge on any atom is 0.249 e. The summed E-state index contributed by atoms with van der Waals surface area (Å²) in [4.78, 5) is 24.8. The van der Waals surface area contributed by atoms with Gasteiger partial charge in [-0.15, -0.1) is 0 Å². The van der Waals surface area contributed by atoms with E-state index in [1.807, 2.05) is 4.90 Å². The number of carbonyl (C=O) groups excluding carboxylic acids is 2. The van der Waals surface area contributed by atoms with Crippen molar-refractivity contribution in [2.24, 2.45) is 0 Å². The number of amides is 2. The zero-order valence-electron chi connectivity index (χ0n) is 10.3. The standard InChI is InChI=1S/C12H20N2O3/c1-9(15)14-6-4-10(5-7-14)13-12(16)11-3-2-8-17-11/h10-11H,2-8H2,1H3,(H,13,16). The second-order valence-electron chi connectivity index (χ2n) is 4.79. The lowest BCUT2D eigenvalue weighted by atomic mass is 10.0. The van der Waals surface area contributed by atoms with E-state index in [0.717, 1.165) is 38.8 Å². The van der Waals surface area contributed by atoms with Gasteiger partial charge in [0, 0.05) is 32.7 Å². The number of hydrogen-bond acceptors (Lipinski definition) is 3. The van der Waals surface area contributed by atoms with E-state index in [2.05, 4.69) is 5.32 Å². The van der Waals surface area contributed by atoms with Crippen LogP contribution in [0.25, 0.3) is 0 Å². The van der Waals surface area contributed by atoms with Crippen molar-refractivity contribution in [1.29, 1.82) is 0 Å². The Labute approximate surface area is 101 Å². The van der Waals surface area contributed by atoms with Gasteiger partial charge < -0.3 is 15.0 Å². The molecule has 0 radical (unpaired) electrons. The molecule has 2 fully saturated rings. The van der Waals surface area contributed by atoms with Crippen molar-refractivity contribution in [1.82, 2.24) is 10.2 Å². The van der Waals surface area contributed by atoms with Gasteiger partial charge in [0.05, 0.1) is 0 Å². The third kappa shape index (κ3) is 3.19. The Morgan fingerprint density at radius 1 is 1.24 bits per heavy atom. The predicted molar refractivity (Wildman–Crippen MR) is 62.4 cm³/mol. The van der Waals surface area contributed by atoms with Crippen LogP contribution >= 0.6 is 0 Å². The quantitative estimate of drug-likeness (QED) is 0.755. The summed E-state index contributed by atoms with van der Waals surface area (Å²) in [6.07, 6.45) is 3.25. The molecule has 0 saturated carbocycles. The van der Waals surface area contributed by atoms with Crippen molar-refractivity contribution >= 4 is 11.8 Å². The van der Waals surface area contributed by atoms with Gasteiger partial charge in [-0.2, -0.15) is 0 Å². The highest BCUT2D eigenvalue weighted by atomic mass is 16.5. The van der Waals surface area contributed by atoms with Gasteiger partial charge in [-0.05, 0) is 25.7 Å². The topological polar surface area (TPSA) is 58.6 Å². The first-order chi connectivity index (χ1) is 8.16. The summed E-state index contributed by atoms with van der Waals surface area (Å²) in [5.74, 6) is 0.137. The van der Waals surface area contributed by atoms with Crippen molar-refractivity contribution in [3.05, 3.63) is 0 Å². The van der Waals surface area contributed by atoms with Gasteiger partial charge in [-0.3, -0.25) is 9.59 Å². The maximum atomic E-state index is 11.8. The Morgan fingerprint density at radius 2 is 1.94 bits per heavy atom. The molecule has 96 valence electrons. The van der Waals surface area contributed by atoms with Crippen LogP contribution in [0.5, 0.6) is 0 Å². The molecule has 0 bridgehead atoms. The molecule has 0 aromatic rings. The highest BCUT2D eigenvalue weighted by Crippen LogP contribution is 2.14. The van der Waals surface area contributed by atoms with Gasteiger partial charge in [0.25, 0.3) is 0 Å². The van der Waals surface area contributed by atoms with E-state index in [4.69, 9.17) is 4.74 Å². The number of nitrogens with one attached hydrogen (secondary N) is 1. The highest BCUT2D eigenvalue weighted by molar-refractivity contribution is 5.81. The van der Waals surface area contributed by atoms with Crippen LogP contribution in [0.4, 0.5) is 0 Å². The summed E-state index contributed by atoms with van der Waals surface area (Å²) in [5.41, 5.74) is 0. The first-order valence-corrected chi connectivity index (χ1v) is 6.34. The number of rotatable bonds is 2.